The van der Waals surface area contributed by atoms with E-state index in [1.165, 1.54) is 42.0 Å². The van der Waals surface area contributed by atoms with Crippen LogP contribution in [0.15, 0.2) is 144 Å². The largest absolute Gasteiger partial charge is 0.438 e. The van der Waals surface area contributed by atoms with Crippen LogP contribution in [0, 0.1) is 0 Å². The van der Waals surface area contributed by atoms with Crippen LogP contribution in [0.5, 0.6) is 0 Å². The third kappa shape index (κ3) is 3.65. The SMILES string of the molecule is c1ccc(-c2nc(-c3cccc(-n4c5ccccc5c5cc6sc7ccccc7c6cc54)c3)c3c(n2)oc2ccccc23)cc1. The normalized spacial score (nSPS) is 12.0. The van der Waals surface area contributed by atoms with Crippen LogP contribution in [-0.4, -0.2) is 14.5 Å². The van der Waals surface area contributed by atoms with Gasteiger partial charge in [-0.15, -0.1) is 11.3 Å². The molecule has 10 aromatic rings. The van der Waals surface area contributed by atoms with Crippen LogP contribution in [0.4, 0.5) is 0 Å². The molecule has 0 N–H and O–H groups in total. The molecular formula is C40H23N3OS. The van der Waals surface area contributed by atoms with Crippen LogP contribution in [0.2, 0.25) is 0 Å². The lowest BCUT2D eigenvalue weighted by Gasteiger charge is -2.11. The number of thiophene rings is 1. The second-order valence-electron chi connectivity index (χ2n) is 11.4. The quantitative estimate of drug-likeness (QED) is 0.205. The first-order valence-electron chi connectivity index (χ1n) is 15.0. The Morgan fingerprint density at radius 3 is 2.18 bits per heavy atom. The lowest BCUT2D eigenvalue weighted by atomic mass is 10.0. The van der Waals surface area contributed by atoms with E-state index in [0.29, 0.717) is 11.5 Å². The molecular weight excluding hydrogens is 571 g/mol. The van der Waals surface area contributed by atoms with Gasteiger partial charge in [-0.3, -0.25) is 0 Å². The third-order valence-electron chi connectivity index (χ3n) is 8.82. The second kappa shape index (κ2) is 9.36. The topological polar surface area (TPSA) is 43.9 Å². The molecule has 0 aliphatic carbocycles. The van der Waals surface area contributed by atoms with Crippen molar-refractivity contribution >= 4 is 75.4 Å². The van der Waals surface area contributed by atoms with Gasteiger partial charge < -0.3 is 8.98 Å². The summed E-state index contributed by atoms with van der Waals surface area (Å²) in [5.74, 6) is 0.645. The number of furan rings is 1. The molecule has 0 radical (unpaired) electrons. The van der Waals surface area contributed by atoms with Gasteiger partial charge in [0.1, 0.15) is 5.58 Å². The van der Waals surface area contributed by atoms with Crippen LogP contribution in [-0.2, 0) is 0 Å². The molecule has 4 heterocycles. The van der Waals surface area contributed by atoms with Crippen molar-refractivity contribution in [2.24, 2.45) is 0 Å². The molecule has 0 amide bonds. The Kier molecular flexibility index (Phi) is 5.12. The molecule has 5 heteroatoms. The predicted octanol–water partition coefficient (Wildman–Crippen LogP) is 11.2. The number of aromatic nitrogens is 3. The van der Waals surface area contributed by atoms with Gasteiger partial charge in [0, 0.05) is 53.1 Å². The summed E-state index contributed by atoms with van der Waals surface area (Å²) < 4.78 is 11.3. The van der Waals surface area contributed by atoms with E-state index in [-0.39, 0.29) is 0 Å². The zero-order valence-corrected chi connectivity index (χ0v) is 24.8. The fraction of sp³-hybridized carbons (Fsp3) is 0. The molecule has 0 saturated heterocycles. The summed E-state index contributed by atoms with van der Waals surface area (Å²) in [7, 11) is 0. The predicted molar refractivity (Wildman–Crippen MR) is 187 cm³/mol. The van der Waals surface area contributed by atoms with Gasteiger partial charge in [-0.25, -0.2) is 4.98 Å². The Hall–Kier alpha value is -5.78. The van der Waals surface area contributed by atoms with Crippen LogP contribution >= 0.6 is 11.3 Å². The van der Waals surface area contributed by atoms with Gasteiger partial charge in [0.25, 0.3) is 0 Å². The minimum atomic E-state index is 0.592. The molecule has 210 valence electrons. The van der Waals surface area contributed by atoms with E-state index in [4.69, 9.17) is 14.4 Å². The van der Waals surface area contributed by atoms with Gasteiger partial charge in [-0.05, 0) is 42.5 Å². The number of fused-ring (bicyclic) bond motifs is 9. The fourth-order valence-corrected chi connectivity index (χ4v) is 7.93. The van der Waals surface area contributed by atoms with Crippen molar-refractivity contribution in [1.82, 2.24) is 14.5 Å². The zero-order valence-electron chi connectivity index (χ0n) is 23.9. The molecule has 0 aliphatic rings. The van der Waals surface area contributed by atoms with E-state index in [9.17, 15) is 0 Å². The van der Waals surface area contributed by atoms with Crippen LogP contribution in [0.3, 0.4) is 0 Å². The average Bonchev–Trinajstić information content (AvgIpc) is 3.76. The van der Waals surface area contributed by atoms with Gasteiger partial charge >= 0.3 is 0 Å². The number of hydrogen-bond donors (Lipinski definition) is 0. The fourth-order valence-electron chi connectivity index (χ4n) is 6.81. The summed E-state index contributed by atoms with van der Waals surface area (Å²) in [4.78, 5) is 10.1. The minimum absolute atomic E-state index is 0.592. The van der Waals surface area contributed by atoms with Gasteiger partial charge in [-0.1, -0.05) is 97.1 Å². The van der Waals surface area contributed by atoms with Crippen LogP contribution in [0.1, 0.15) is 0 Å². The maximum absolute atomic E-state index is 6.31. The number of nitrogens with zero attached hydrogens (tertiary/aromatic N) is 3. The van der Waals surface area contributed by atoms with Crippen LogP contribution < -0.4 is 0 Å². The van der Waals surface area contributed by atoms with Gasteiger partial charge in [0.05, 0.1) is 22.1 Å². The van der Waals surface area contributed by atoms with Crippen molar-refractivity contribution in [3.05, 3.63) is 140 Å². The number of rotatable bonds is 3. The number of hydrogen-bond acceptors (Lipinski definition) is 4. The van der Waals surface area contributed by atoms with E-state index in [1.807, 2.05) is 59.9 Å². The summed E-state index contributed by atoms with van der Waals surface area (Å²) >= 11 is 1.86. The monoisotopic (exact) mass is 593 g/mol. The molecule has 45 heavy (non-hydrogen) atoms. The van der Waals surface area contributed by atoms with E-state index >= 15 is 0 Å². The zero-order chi connectivity index (χ0) is 29.5. The number of para-hydroxylation sites is 2. The molecule has 0 saturated carbocycles. The summed E-state index contributed by atoms with van der Waals surface area (Å²) in [5.41, 5.74) is 7.67. The number of benzene rings is 6. The standard InChI is InChI=1S/C40H23N3OS/c1-2-11-24(12-3-1)39-41-38(37-29-17-5-8-19-34(29)44-40(37)42-39)25-13-10-14-26(21-25)43-32-18-7-4-15-27(32)30-23-36-31(22-33(30)43)28-16-6-9-20-35(28)45-36/h1-23H. The molecule has 6 aromatic carbocycles. The summed E-state index contributed by atoms with van der Waals surface area (Å²) in [6.07, 6.45) is 0. The van der Waals surface area contributed by atoms with Crippen molar-refractivity contribution in [3.63, 3.8) is 0 Å². The van der Waals surface area contributed by atoms with Crippen molar-refractivity contribution in [2.75, 3.05) is 0 Å². The highest BCUT2D eigenvalue weighted by atomic mass is 32.1. The smallest absolute Gasteiger partial charge is 0.231 e. The second-order valence-corrected chi connectivity index (χ2v) is 12.5. The van der Waals surface area contributed by atoms with Crippen molar-refractivity contribution in [1.29, 1.82) is 0 Å². The summed E-state index contributed by atoms with van der Waals surface area (Å²) in [6, 6.07) is 49.1. The van der Waals surface area contributed by atoms with Crippen molar-refractivity contribution in [3.8, 4) is 28.3 Å². The maximum Gasteiger partial charge on any atom is 0.231 e. The summed E-state index contributed by atoms with van der Waals surface area (Å²) in [6.45, 7) is 0. The molecule has 10 rings (SSSR count). The van der Waals surface area contributed by atoms with E-state index < -0.39 is 0 Å². The lowest BCUT2D eigenvalue weighted by molar-refractivity contribution is 0.653. The highest BCUT2D eigenvalue weighted by Gasteiger charge is 2.20. The Bertz CT molecular complexity index is 2770. The third-order valence-corrected chi connectivity index (χ3v) is 9.95. The molecule has 0 fully saturated rings. The van der Waals surface area contributed by atoms with Gasteiger partial charge in [0.2, 0.25) is 5.71 Å². The highest BCUT2D eigenvalue weighted by molar-refractivity contribution is 7.25. The Balaban J connectivity index is 1.26. The Morgan fingerprint density at radius 2 is 1.27 bits per heavy atom. The average molecular weight is 594 g/mol. The molecule has 0 aliphatic heterocycles. The molecule has 0 spiro atoms. The summed E-state index contributed by atoms with van der Waals surface area (Å²) in [5, 5.41) is 7.03. The van der Waals surface area contributed by atoms with Crippen molar-refractivity contribution < 1.29 is 4.42 Å². The van der Waals surface area contributed by atoms with Crippen LogP contribution in [0.25, 0.3) is 92.4 Å². The first kappa shape index (κ1) is 24.6. The highest BCUT2D eigenvalue weighted by Crippen LogP contribution is 2.42. The van der Waals surface area contributed by atoms with E-state index in [2.05, 4.69) is 95.6 Å². The van der Waals surface area contributed by atoms with Gasteiger partial charge in [0.15, 0.2) is 5.82 Å². The molecule has 0 atom stereocenters. The van der Waals surface area contributed by atoms with E-state index in [1.54, 1.807) is 0 Å². The maximum atomic E-state index is 6.31. The molecule has 4 nitrogen and oxygen atoms in total. The van der Waals surface area contributed by atoms with Gasteiger partial charge in [-0.2, -0.15) is 4.98 Å². The lowest BCUT2D eigenvalue weighted by Crippen LogP contribution is -1.97. The molecule has 0 unspecified atom stereocenters. The first-order chi connectivity index (χ1) is 22.3. The van der Waals surface area contributed by atoms with E-state index in [0.717, 1.165) is 38.9 Å². The first-order valence-corrected chi connectivity index (χ1v) is 15.8. The van der Waals surface area contributed by atoms with Crippen molar-refractivity contribution in [2.45, 2.75) is 0 Å². The molecule has 4 aromatic heterocycles. The Labute approximate surface area is 261 Å². The Morgan fingerprint density at radius 1 is 0.511 bits per heavy atom. The minimum Gasteiger partial charge on any atom is -0.438 e. The molecule has 0 bridgehead atoms.